The molecule has 9 nitrogen and oxygen atoms in total. The standard InChI is InChI=1S/C24H28N6O3/c1-16(2)15-33-24(32)30(19-7-5-4-6-8-19)20-11-9-18(10-12-20)29-23(31)27-14-21-22(25)26-13-17(3)28-21/h4-13,16H,14-15H2,1-3H3,(H2,25,26)(H2,27,29,31). The lowest BCUT2D eigenvalue weighted by Crippen LogP contribution is -2.29. The fourth-order valence-electron chi connectivity index (χ4n) is 2.94. The van der Waals surface area contributed by atoms with Crippen LogP contribution < -0.4 is 21.3 Å². The Kier molecular flexibility index (Phi) is 7.80. The molecule has 0 unspecified atom stereocenters. The number of amides is 3. The molecule has 33 heavy (non-hydrogen) atoms. The zero-order chi connectivity index (χ0) is 23.8. The molecule has 172 valence electrons. The van der Waals surface area contributed by atoms with Crippen LogP contribution in [0.5, 0.6) is 0 Å². The van der Waals surface area contributed by atoms with Crippen molar-refractivity contribution in [2.45, 2.75) is 27.3 Å². The molecule has 2 aromatic carbocycles. The van der Waals surface area contributed by atoms with Crippen molar-refractivity contribution in [2.24, 2.45) is 5.92 Å². The predicted octanol–water partition coefficient (Wildman–Crippen LogP) is 4.62. The second-order valence-electron chi connectivity index (χ2n) is 7.84. The third-order valence-electron chi connectivity index (χ3n) is 4.53. The van der Waals surface area contributed by atoms with Gasteiger partial charge in [-0.15, -0.1) is 0 Å². The number of nitrogens with zero attached hydrogens (tertiary/aromatic N) is 3. The second kappa shape index (κ2) is 10.9. The average Bonchev–Trinajstić information content (AvgIpc) is 2.80. The van der Waals surface area contributed by atoms with E-state index in [0.29, 0.717) is 35.1 Å². The average molecular weight is 449 g/mol. The van der Waals surface area contributed by atoms with Gasteiger partial charge in [-0.3, -0.25) is 4.98 Å². The summed E-state index contributed by atoms with van der Waals surface area (Å²) < 4.78 is 5.45. The lowest BCUT2D eigenvalue weighted by atomic mass is 10.2. The lowest BCUT2D eigenvalue weighted by Gasteiger charge is -2.23. The maximum Gasteiger partial charge on any atom is 0.418 e. The van der Waals surface area contributed by atoms with E-state index in [1.807, 2.05) is 44.2 Å². The normalized spacial score (nSPS) is 10.5. The number of aryl methyl sites for hydroxylation is 1. The van der Waals surface area contributed by atoms with E-state index >= 15 is 0 Å². The van der Waals surface area contributed by atoms with Crippen molar-refractivity contribution in [1.82, 2.24) is 15.3 Å². The molecule has 4 N–H and O–H groups in total. The fourth-order valence-corrected chi connectivity index (χ4v) is 2.94. The number of urea groups is 1. The molecule has 3 rings (SSSR count). The number of benzene rings is 2. The van der Waals surface area contributed by atoms with E-state index in [9.17, 15) is 9.59 Å². The van der Waals surface area contributed by atoms with Gasteiger partial charge in [-0.1, -0.05) is 32.0 Å². The van der Waals surface area contributed by atoms with Crippen LogP contribution in [0.25, 0.3) is 0 Å². The first-order valence-corrected chi connectivity index (χ1v) is 10.6. The Morgan fingerprint density at radius 3 is 2.39 bits per heavy atom. The van der Waals surface area contributed by atoms with Crippen molar-refractivity contribution < 1.29 is 14.3 Å². The van der Waals surface area contributed by atoms with E-state index in [2.05, 4.69) is 20.6 Å². The van der Waals surface area contributed by atoms with Crippen molar-refractivity contribution >= 4 is 35.0 Å². The van der Waals surface area contributed by atoms with Gasteiger partial charge in [-0.2, -0.15) is 0 Å². The topological polar surface area (TPSA) is 122 Å². The Morgan fingerprint density at radius 2 is 1.73 bits per heavy atom. The zero-order valence-corrected chi connectivity index (χ0v) is 18.9. The quantitative estimate of drug-likeness (QED) is 0.485. The summed E-state index contributed by atoms with van der Waals surface area (Å²) in [5.74, 6) is 0.494. The summed E-state index contributed by atoms with van der Waals surface area (Å²) in [6, 6.07) is 15.7. The van der Waals surface area contributed by atoms with Crippen LogP contribution >= 0.6 is 0 Å². The van der Waals surface area contributed by atoms with Crippen LogP contribution in [0.4, 0.5) is 32.5 Å². The number of carbonyl (C=O) groups is 2. The van der Waals surface area contributed by atoms with Gasteiger partial charge in [0, 0.05) is 5.69 Å². The molecule has 1 heterocycles. The number of carbonyl (C=O) groups excluding carboxylic acids is 2. The molecule has 0 aliphatic heterocycles. The van der Waals surface area contributed by atoms with Gasteiger partial charge >= 0.3 is 12.1 Å². The number of rotatable bonds is 7. The Bertz CT molecular complexity index is 1090. The first kappa shape index (κ1) is 23.5. The molecular formula is C24H28N6O3. The van der Waals surface area contributed by atoms with Gasteiger partial charge in [0.15, 0.2) is 0 Å². The van der Waals surface area contributed by atoms with Crippen LogP contribution in [-0.2, 0) is 11.3 Å². The van der Waals surface area contributed by atoms with Gasteiger partial charge in [-0.25, -0.2) is 19.5 Å². The van der Waals surface area contributed by atoms with Gasteiger partial charge in [0.05, 0.1) is 36.4 Å². The third-order valence-corrected chi connectivity index (χ3v) is 4.53. The maximum absolute atomic E-state index is 12.8. The number of nitrogen functional groups attached to an aromatic ring is 1. The van der Waals surface area contributed by atoms with Crippen molar-refractivity contribution in [3.63, 3.8) is 0 Å². The highest BCUT2D eigenvalue weighted by Crippen LogP contribution is 2.27. The summed E-state index contributed by atoms with van der Waals surface area (Å²) in [5, 5.41) is 5.45. The molecule has 1 aromatic heterocycles. The number of para-hydroxylation sites is 1. The monoisotopic (exact) mass is 448 g/mol. The van der Waals surface area contributed by atoms with E-state index < -0.39 is 12.1 Å². The van der Waals surface area contributed by atoms with Gasteiger partial charge in [-0.05, 0) is 49.2 Å². The molecule has 0 aliphatic rings. The van der Waals surface area contributed by atoms with E-state index in [4.69, 9.17) is 10.5 Å². The molecule has 9 heteroatoms. The molecule has 0 saturated heterocycles. The van der Waals surface area contributed by atoms with Gasteiger partial charge in [0.1, 0.15) is 11.5 Å². The maximum atomic E-state index is 12.8. The smallest absolute Gasteiger partial charge is 0.418 e. The van der Waals surface area contributed by atoms with Crippen molar-refractivity contribution in [1.29, 1.82) is 0 Å². The number of hydrogen-bond acceptors (Lipinski definition) is 6. The number of anilines is 4. The summed E-state index contributed by atoms with van der Waals surface area (Å²) >= 11 is 0. The number of nitrogens with two attached hydrogens (primary N) is 1. The molecule has 0 bridgehead atoms. The Hall–Kier alpha value is -4.14. The van der Waals surface area contributed by atoms with Crippen molar-refractivity contribution in [3.8, 4) is 0 Å². The molecule has 3 amide bonds. The summed E-state index contributed by atoms with van der Waals surface area (Å²) in [4.78, 5) is 34.9. The lowest BCUT2D eigenvalue weighted by molar-refractivity contribution is 0.142. The summed E-state index contributed by atoms with van der Waals surface area (Å²) in [7, 11) is 0. The summed E-state index contributed by atoms with van der Waals surface area (Å²) in [5.41, 5.74) is 8.86. The summed E-state index contributed by atoms with van der Waals surface area (Å²) in [6.45, 7) is 6.22. The van der Waals surface area contributed by atoms with Gasteiger partial charge < -0.3 is 21.1 Å². The van der Waals surface area contributed by atoms with E-state index in [1.54, 1.807) is 37.4 Å². The molecule has 0 fully saturated rings. The molecule has 3 aromatic rings. The van der Waals surface area contributed by atoms with E-state index in [-0.39, 0.29) is 18.3 Å². The number of ether oxygens (including phenoxy) is 1. The first-order chi connectivity index (χ1) is 15.8. The van der Waals surface area contributed by atoms with Crippen LogP contribution in [0.1, 0.15) is 25.2 Å². The highest BCUT2D eigenvalue weighted by Gasteiger charge is 2.20. The predicted molar refractivity (Wildman–Crippen MR) is 128 cm³/mol. The molecule has 0 spiro atoms. The molecule has 0 radical (unpaired) electrons. The van der Waals surface area contributed by atoms with Crippen LogP contribution in [0.2, 0.25) is 0 Å². The van der Waals surface area contributed by atoms with Crippen LogP contribution in [0, 0.1) is 12.8 Å². The minimum atomic E-state index is -0.467. The SMILES string of the molecule is Cc1cnc(N)c(CNC(=O)Nc2ccc(N(C(=O)OCC(C)C)c3ccccc3)cc2)n1. The van der Waals surface area contributed by atoms with Crippen LogP contribution in [-0.4, -0.2) is 28.7 Å². The molecule has 0 saturated carbocycles. The number of aromatic nitrogens is 2. The van der Waals surface area contributed by atoms with E-state index in [1.165, 1.54) is 4.90 Å². The second-order valence-corrected chi connectivity index (χ2v) is 7.84. The molecule has 0 atom stereocenters. The zero-order valence-electron chi connectivity index (χ0n) is 18.9. The Morgan fingerprint density at radius 1 is 1.06 bits per heavy atom. The van der Waals surface area contributed by atoms with Gasteiger partial charge in [0.2, 0.25) is 0 Å². The van der Waals surface area contributed by atoms with Crippen molar-refractivity contribution in [2.75, 3.05) is 22.6 Å². The fraction of sp³-hybridized carbons (Fsp3) is 0.250. The minimum Gasteiger partial charge on any atom is -0.449 e. The van der Waals surface area contributed by atoms with Crippen LogP contribution in [0.3, 0.4) is 0 Å². The number of nitrogens with one attached hydrogen (secondary N) is 2. The molecular weight excluding hydrogens is 420 g/mol. The van der Waals surface area contributed by atoms with Gasteiger partial charge in [0.25, 0.3) is 0 Å². The third kappa shape index (κ3) is 6.67. The summed E-state index contributed by atoms with van der Waals surface area (Å²) in [6.07, 6.45) is 1.10. The highest BCUT2D eigenvalue weighted by molar-refractivity contribution is 5.96. The first-order valence-electron chi connectivity index (χ1n) is 10.6. The highest BCUT2D eigenvalue weighted by atomic mass is 16.6. The Balaban J connectivity index is 1.67. The van der Waals surface area contributed by atoms with Crippen LogP contribution in [0.15, 0.2) is 60.8 Å². The minimum absolute atomic E-state index is 0.147. The largest absolute Gasteiger partial charge is 0.449 e. The molecule has 0 aliphatic carbocycles. The number of hydrogen-bond donors (Lipinski definition) is 3. The Labute approximate surface area is 193 Å². The van der Waals surface area contributed by atoms with E-state index in [0.717, 1.165) is 0 Å². The van der Waals surface area contributed by atoms with Crippen molar-refractivity contribution in [3.05, 3.63) is 72.2 Å².